The molecular formula is C10H16. The maximum Gasteiger partial charge on any atom is -0.0137 e. The molecule has 1 fully saturated rings. The number of hydrogen-bond acceptors (Lipinski definition) is 0. The van der Waals surface area contributed by atoms with Crippen LogP contribution in [0.4, 0.5) is 0 Å². The van der Waals surface area contributed by atoms with Gasteiger partial charge < -0.3 is 0 Å². The lowest BCUT2D eigenvalue weighted by Crippen LogP contribution is -2.03. The molecule has 3 atom stereocenters. The Bertz CT molecular complexity index is 198. The van der Waals surface area contributed by atoms with E-state index >= 15 is 0 Å². The third-order valence-electron chi connectivity index (χ3n) is 3.70. The van der Waals surface area contributed by atoms with Crippen LogP contribution < -0.4 is 0 Å². The Morgan fingerprint density at radius 2 is 2.00 bits per heavy atom. The van der Waals surface area contributed by atoms with E-state index < -0.39 is 0 Å². The minimum Gasteiger partial charge on any atom is -0.0813 e. The third kappa shape index (κ3) is 0.531. The maximum atomic E-state index is 2.48. The zero-order valence-corrected chi connectivity index (χ0v) is 7.31. The molecule has 0 saturated heterocycles. The minimum absolute atomic E-state index is 0.638. The monoisotopic (exact) mass is 136 g/mol. The highest BCUT2D eigenvalue weighted by Gasteiger charge is 2.61. The molecule has 0 aromatic rings. The molecule has 0 spiro atoms. The van der Waals surface area contributed by atoms with E-state index in [9.17, 15) is 0 Å². The average molecular weight is 136 g/mol. The topological polar surface area (TPSA) is 0 Å². The smallest absolute Gasteiger partial charge is 0.0137 e. The summed E-state index contributed by atoms with van der Waals surface area (Å²) in [5.41, 5.74) is 2.26. The Kier molecular flexibility index (Phi) is 0.962. The predicted octanol–water partition coefficient (Wildman–Crippen LogP) is 2.85. The van der Waals surface area contributed by atoms with E-state index in [1.807, 2.05) is 0 Å². The molecule has 0 aromatic carbocycles. The van der Waals surface area contributed by atoms with E-state index in [0.29, 0.717) is 5.41 Å². The number of hydrogen-bond donors (Lipinski definition) is 0. The summed E-state index contributed by atoms with van der Waals surface area (Å²) in [6.07, 6.45) is 2.48. The standard InChI is InChI=1S/C10H16/c1-6-5-8-9(7(6)2)10(8,3)4/h5,7-9H,1-4H3. The first-order valence-corrected chi connectivity index (χ1v) is 4.23. The summed E-state index contributed by atoms with van der Waals surface area (Å²) < 4.78 is 0. The molecule has 10 heavy (non-hydrogen) atoms. The van der Waals surface area contributed by atoms with Crippen molar-refractivity contribution in [2.45, 2.75) is 27.7 Å². The van der Waals surface area contributed by atoms with Gasteiger partial charge in [-0.1, -0.05) is 32.4 Å². The molecule has 0 nitrogen and oxygen atoms in total. The summed E-state index contributed by atoms with van der Waals surface area (Å²) in [6.45, 7) is 9.42. The molecule has 0 radical (unpaired) electrons. The second kappa shape index (κ2) is 1.49. The van der Waals surface area contributed by atoms with Crippen LogP contribution in [0.5, 0.6) is 0 Å². The number of rotatable bonds is 0. The molecule has 0 bridgehead atoms. The highest BCUT2D eigenvalue weighted by atomic mass is 14.7. The fraction of sp³-hybridized carbons (Fsp3) is 0.800. The first kappa shape index (κ1) is 6.45. The van der Waals surface area contributed by atoms with Crippen LogP contribution in [0.25, 0.3) is 0 Å². The fourth-order valence-corrected chi connectivity index (χ4v) is 2.71. The van der Waals surface area contributed by atoms with Crippen molar-refractivity contribution in [2.24, 2.45) is 23.2 Å². The van der Waals surface area contributed by atoms with Gasteiger partial charge in [0.1, 0.15) is 0 Å². The Morgan fingerprint density at radius 1 is 1.40 bits per heavy atom. The molecule has 0 N–H and O–H groups in total. The molecule has 0 heteroatoms. The van der Waals surface area contributed by atoms with Crippen LogP contribution in [0.2, 0.25) is 0 Å². The Labute approximate surface area is 63.3 Å². The number of fused-ring (bicyclic) bond motifs is 1. The number of allylic oxidation sites excluding steroid dienone is 2. The van der Waals surface area contributed by atoms with Crippen LogP contribution in [0.1, 0.15) is 27.7 Å². The van der Waals surface area contributed by atoms with Crippen LogP contribution in [0, 0.1) is 23.2 Å². The summed E-state index contributed by atoms with van der Waals surface area (Å²) in [5.74, 6) is 2.76. The summed E-state index contributed by atoms with van der Waals surface area (Å²) in [6, 6.07) is 0. The predicted molar refractivity (Wildman–Crippen MR) is 43.7 cm³/mol. The Hall–Kier alpha value is -0.260. The molecule has 2 aliphatic rings. The lowest BCUT2D eigenvalue weighted by atomic mass is 9.93. The van der Waals surface area contributed by atoms with Crippen molar-refractivity contribution < 1.29 is 0 Å². The van der Waals surface area contributed by atoms with Gasteiger partial charge in [-0.2, -0.15) is 0 Å². The van der Waals surface area contributed by atoms with Crippen LogP contribution in [0.15, 0.2) is 11.6 Å². The summed E-state index contributed by atoms with van der Waals surface area (Å²) in [7, 11) is 0. The molecule has 56 valence electrons. The van der Waals surface area contributed by atoms with Crippen molar-refractivity contribution in [1.29, 1.82) is 0 Å². The van der Waals surface area contributed by atoms with E-state index in [1.165, 1.54) is 0 Å². The Morgan fingerprint density at radius 3 is 2.30 bits per heavy atom. The van der Waals surface area contributed by atoms with Crippen molar-refractivity contribution in [2.75, 3.05) is 0 Å². The normalized spacial score (nSPS) is 48.4. The van der Waals surface area contributed by atoms with Crippen molar-refractivity contribution >= 4 is 0 Å². The maximum absolute atomic E-state index is 2.48. The van der Waals surface area contributed by atoms with Crippen molar-refractivity contribution in [3.63, 3.8) is 0 Å². The largest absolute Gasteiger partial charge is 0.0813 e. The molecular weight excluding hydrogens is 120 g/mol. The summed E-state index contributed by atoms with van der Waals surface area (Å²) in [4.78, 5) is 0. The molecule has 2 aliphatic carbocycles. The van der Waals surface area contributed by atoms with Gasteiger partial charge in [-0.05, 0) is 30.1 Å². The zero-order valence-electron chi connectivity index (χ0n) is 7.31. The second-order valence-electron chi connectivity index (χ2n) is 4.57. The molecule has 0 aromatic heterocycles. The van der Waals surface area contributed by atoms with Crippen LogP contribution in [0.3, 0.4) is 0 Å². The van der Waals surface area contributed by atoms with E-state index in [0.717, 1.165) is 17.8 Å². The van der Waals surface area contributed by atoms with Gasteiger partial charge in [-0.3, -0.25) is 0 Å². The van der Waals surface area contributed by atoms with Crippen LogP contribution in [-0.2, 0) is 0 Å². The van der Waals surface area contributed by atoms with E-state index in [1.54, 1.807) is 5.57 Å². The summed E-state index contributed by atoms with van der Waals surface area (Å²) in [5, 5.41) is 0. The van der Waals surface area contributed by atoms with Gasteiger partial charge in [0.05, 0.1) is 0 Å². The van der Waals surface area contributed by atoms with Gasteiger partial charge in [-0.15, -0.1) is 0 Å². The lowest BCUT2D eigenvalue weighted by Gasteiger charge is -2.12. The molecule has 1 saturated carbocycles. The van der Waals surface area contributed by atoms with Crippen LogP contribution in [-0.4, -0.2) is 0 Å². The van der Waals surface area contributed by atoms with E-state index in [4.69, 9.17) is 0 Å². The van der Waals surface area contributed by atoms with Gasteiger partial charge in [-0.25, -0.2) is 0 Å². The van der Waals surface area contributed by atoms with Crippen LogP contribution >= 0.6 is 0 Å². The van der Waals surface area contributed by atoms with E-state index in [2.05, 4.69) is 33.8 Å². The van der Waals surface area contributed by atoms with Gasteiger partial charge in [0, 0.05) is 0 Å². The van der Waals surface area contributed by atoms with Crippen molar-refractivity contribution in [1.82, 2.24) is 0 Å². The van der Waals surface area contributed by atoms with Crippen molar-refractivity contribution in [3.8, 4) is 0 Å². The van der Waals surface area contributed by atoms with E-state index in [-0.39, 0.29) is 0 Å². The highest BCUT2D eigenvalue weighted by Crippen LogP contribution is 2.67. The average Bonchev–Trinajstić information content (AvgIpc) is 2.12. The highest BCUT2D eigenvalue weighted by molar-refractivity contribution is 5.29. The zero-order chi connectivity index (χ0) is 7.52. The molecule has 0 aliphatic heterocycles. The molecule has 2 rings (SSSR count). The minimum atomic E-state index is 0.638. The van der Waals surface area contributed by atoms with Gasteiger partial charge >= 0.3 is 0 Å². The molecule has 0 heterocycles. The van der Waals surface area contributed by atoms with Gasteiger partial charge in [0.25, 0.3) is 0 Å². The molecule has 0 amide bonds. The fourth-order valence-electron chi connectivity index (χ4n) is 2.71. The van der Waals surface area contributed by atoms with Gasteiger partial charge in [0.15, 0.2) is 0 Å². The molecule has 3 unspecified atom stereocenters. The second-order valence-corrected chi connectivity index (χ2v) is 4.57. The van der Waals surface area contributed by atoms with Crippen molar-refractivity contribution in [3.05, 3.63) is 11.6 Å². The summed E-state index contributed by atoms with van der Waals surface area (Å²) >= 11 is 0. The SMILES string of the molecule is CC1=CC2C(C1C)C2(C)C. The quantitative estimate of drug-likeness (QED) is 0.449. The third-order valence-corrected chi connectivity index (χ3v) is 3.70. The Balaban J connectivity index is 2.26. The van der Waals surface area contributed by atoms with Gasteiger partial charge in [0.2, 0.25) is 0 Å². The lowest BCUT2D eigenvalue weighted by molar-refractivity contribution is 0.464. The first-order valence-electron chi connectivity index (χ1n) is 4.23. The first-order chi connectivity index (χ1) is 4.55.